The first kappa shape index (κ1) is 17.4. The molecule has 142 valence electrons. The van der Waals surface area contributed by atoms with Gasteiger partial charge in [0.2, 0.25) is 0 Å². The second kappa shape index (κ2) is 6.95. The summed E-state index contributed by atoms with van der Waals surface area (Å²) in [6.45, 7) is 1.04. The van der Waals surface area contributed by atoms with Gasteiger partial charge in [0.15, 0.2) is 5.78 Å². The molecule has 0 bridgehead atoms. The molecule has 2 aliphatic heterocycles. The minimum atomic E-state index is -1.11. The molecule has 0 spiro atoms. The molecule has 27 heavy (non-hydrogen) atoms. The van der Waals surface area contributed by atoms with E-state index in [1.165, 1.54) is 17.2 Å². The highest BCUT2D eigenvalue weighted by Gasteiger charge is 2.33. The average molecular weight is 375 g/mol. The number of ether oxygens (including phenoxy) is 1. The lowest BCUT2D eigenvalue weighted by Crippen LogP contribution is -2.44. The number of amides is 1. The van der Waals surface area contributed by atoms with Gasteiger partial charge in [-0.1, -0.05) is 5.21 Å². The van der Waals surface area contributed by atoms with Crippen LogP contribution in [0.2, 0.25) is 0 Å². The van der Waals surface area contributed by atoms with Crippen molar-refractivity contribution in [1.82, 2.24) is 15.0 Å². The molecule has 0 aliphatic carbocycles. The summed E-state index contributed by atoms with van der Waals surface area (Å²) >= 11 is 0. The molecule has 2 fully saturated rings. The van der Waals surface area contributed by atoms with Crippen LogP contribution in [-0.2, 0) is 16.1 Å². The van der Waals surface area contributed by atoms with E-state index in [0.717, 1.165) is 0 Å². The number of ketones is 1. The van der Waals surface area contributed by atoms with E-state index >= 15 is 0 Å². The predicted molar refractivity (Wildman–Crippen MR) is 91.9 cm³/mol. The maximum absolute atomic E-state index is 14.6. The molecule has 0 saturated carbocycles. The van der Waals surface area contributed by atoms with Crippen LogP contribution in [0.25, 0.3) is 0 Å². The number of carbonyl (C=O) groups excluding carboxylic acids is 2. The second-order valence-corrected chi connectivity index (χ2v) is 6.56. The van der Waals surface area contributed by atoms with Gasteiger partial charge in [0, 0.05) is 19.2 Å². The summed E-state index contributed by atoms with van der Waals surface area (Å²) in [5.41, 5.74) is 0.674. The highest BCUT2D eigenvalue weighted by Crippen LogP contribution is 2.29. The number of aliphatic hydroxyl groups is 1. The summed E-state index contributed by atoms with van der Waals surface area (Å²) in [6, 6.07) is 4.43. The molecule has 9 nitrogen and oxygen atoms in total. The molecule has 3 heterocycles. The van der Waals surface area contributed by atoms with E-state index in [-0.39, 0.29) is 31.0 Å². The smallest absolute Gasteiger partial charge is 0.414 e. The second-order valence-electron chi connectivity index (χ2n) is 6.56. The van der Waals surface area contributed by atoms with Crippen molar-refractivity contribution >= 4 is 23.3 Å². The Morgan fingerprint density at radius 3 is 2.85 bits per heavy atom. The molecule has 2 atom stereocenters. The SMILES string of the molecule is O=C1CCN(c2ccc(N3CC(Cn4ccnn4)OC3=O)cc2F)CC1O. The number of Topliss-reactive ketones (excluding diaryl/α,β-unsaturated/α-hetero) is 1. The van der Waals surface area contributed by atoms with Crippen LogP contribution in [0.5, 0.6) is 0 Å². The third-order valence-corrected chi connectivity index (χ3v) is 4.71. The molecule has 10 heteroatoms. The number of hydrogen-bond acceptors (Lipinski definition) is 7. The average Bonchev–Trinajstić information content (AvgIpc) is 3.27. The van der Waals surface area contributed by atoms with Gasteiger partial charge in [-0.25, -0.2) is 13.9 Å². The summed E-state index contributed by atoms with van der Waals surface area (Å²) in [6.07, 6.45) is 1.31. The van der Waals surface area contributed by atoms with E-state index in [9.17, 15) is 19.1 Å². The van der Waals surface area contributed by atoms with Gasteiger partial charge in [-0.3, -0.25) is 9.69 Å². The number of piperidine rings is 1. The van der Waals surface area contributed by atoms with Gasteiger partial charge in [0.05, 0.1) is 37.2 Å². The lowest BCUT2D eigenvalue weighted by Gasteiger charge is -2.31. The van der Waals surface area contributed by atoms with Crippen LogP contribution in [0.15, 0.2) is 30.6 Å². The van der Waals surface area contributed by atoms with E-state index in [2.05, 4.69) is 10.3 Å². The zero-order valence-electron chi connectivity index (χ0n) is 14.4. The molecule has 1 aromatic heterocycles. The minimum absolute atomic E-state index is 0.0564. The van der Waals surface area contributed by atoms with Crippen molar-refractivity contribution in [2.24, 2.45) is 0 Å². The quantitative estimate of drug-likeness (QED) is 0.834. The van der Waals surface area contributed by atoms with Crippen molar-refractivity contribution in [1.29, 1.82) is 0 Å². The van der Waals surface area contributed by atoms with Crippen LogP contribution in [-0.4, -0.2) is 63.8 Å². The lowest BCUT2D eigenvalue weighted by atomic mass is 10.1. The Bertz CT molecular complexity index is 859. The van der Waals surface area contributed by atoms with Gasteiger partial charge >= 0.3 is 6.09 Å². The van der Waals surface area contributed by atoms with Crippen molar-refractivity contribution in [3.63, 3.8) is 0 Å². The van der Waals surface area contributed by atoms with Crippen molar-refractivity contribution in [3.8, 4) is 0 Å². The van der Waals surface area contributed by atoms with Crippen LogP contribution in [0, 0.1) is 5.82 Å². The minimum Gasteiger partial charge on any atom is -0.442 e. The third kappa shape index (κ3) is 3.47. The van der Waals surface area contributed by atoms with E-state index < -0.39 is 24.1 Å². The third-order valence-electron chi connectivity index (χ3n) is 4.71. The first-order valence-electron chi connectivity index (χ1n) is 8.59. The molecule has 4 rings (SSSR count). The molecule has 0 radical (unpaired) electrons. The van der Waals surface area contributed by atoms with E-state index in [1.54, 1.807) is 27.9 Å². The van der Waals surface area contributed by atoms with Crippen molar-refractivity contribution in [2.75, 3.05) is 29.4 Å². The summed E-state index contributed by atoms with van der Waals surface area (Å²) < 4.78 is 21.5. The molecule has 2 saturated heterocycles. The molecular formula is C17H18FN5O4. The van der Waals surface area contributed by atoms with Gasteiger partial charge in [-0.05, 0) is 18.2 Å². The number of anilines is 2. The fourth-order valence-corrected chi connectivity index (χ4v) is 3.32. The number of carbonyl (C=O) groups is 2. The molecule has 1 amide bonds. The van der Waals surface area contributed by atoms with Gasteiger partial charge in [-0.15, -0.1) is 5.10 Å². The number of cyclic esters (lactones) is 1. The number of aromatic nitrogens is 3. The maximum Gasteiger partial charge on any atom is 0.414 e. The Balaban J connectivity index is 1.47. The summed E-state index contributed by atoms with van der Waals surface area (Å²) in [7, 11) is 0. The van der Waals surface area contributed by atoms with Crippen LogP contribution >= 0.6 is 0 Å². The topological polar surface area (TPSA) is 101 Å². The number of nitrogens with zero attached hydrogens (tertiary/aromatic N) is 5. The highest BCUT2D eigenvalue weighted by atomic mass is 19.1. The number of rotatable bonds is 4. The van der Waals surface area contributed by atoms with E-state index in [0.29, 0.717) is 18.8 Å². The van der Waals surface area contributed by atoms with Crippen LogP contribution < -0.4 is 9.80 Å². The largest absolute Gasteiger partial charge is 0.442 e. The standard InChI is InChI=1S/C17H18FN5O4/c18-13-7-11(1-2-14(13)21-5-3-15(24)16(25)10-21)23-9-12(27-17(23)26)8-22-6-4-19-20-22/h1-2,4,6-7,12,16,25H,3,5,8-10H2. The van der Waals surface area contributed by atoms with Gasteiger partial charge in [0.25, 0.3) is 0 Å². The van der Waals surface area contributed by atoms with Gasteiger partial charge < -0.3 is 14.7 Å². The van der Waals surface area contributed by atoms with E-state index in [1.807, 2.05) is 0 Å². The molecule has 1 N–H and O–H groups in total. The fraction of sp³-hybridized carbons (Fsp3) is 0.412. The Kier molecular flexibility index (Phi) is 4.48. The van der Waals surface area contributed by atoms with Gasteiger partial charge in [0.1, 0.15) is 18.0 Å². The van der Waals surface area contributed by atoms with Crippen LogP contribution in [0.1, 0.15) is 6.42 Å². The predicted octanol–water partition coefficient (Wildman–Crippen LogP) is 0.583. The number of hydrogen-bond donors (Lipinski definition) is 1. The Morgan fingerprint density at radius 1 is 1.30 bits per heavy atom. The number of benzene rings is 1. The van der Waals surface area contributed by atoms with E-state index in [4.69, 9.17) is 4.74 Å². The number of β-amino-alcohol motifs (C(OH)–C–C–N with tert-alkyl or cyclic N) is 1. The van der Waals surface area contributed by atoms with Crippen molar-refractivity contribution in [3.05, 3.63) is 36.4 Å². The Hall–Kier alpha value is -3.01. The van der Waals surface area contributed by atoms with Crippen LogP contribution in [0.4, 0.5) is 20.6 Å². The first-order chi connectivity index (χ1) is 13.0. The molecule has 2 aromatic rings. The Morgan fingerprint density at radius 2 is 2.15 bits per heavy atom. The zero-order valence-corrected chi connectivity index (χ0v) is 14.4. The number of aliphatic hydroxyl groups excluding tert-OH is 1. The molecule has 2 unspecified atom stereocenters. The summed E-state index contributed by atoms with van der Waals surface area (Å²) in [4.78, 5) is 26.6. The highest BCUT2D eigenvalue weighted by molar-refractivity contribution is 5.90. The monoisotopic (exact) mass is 375 g/mol. The van der Waals surface area contributed by atoms with Crippen LogP contribution in [0.3, 0.4) is 0 Å². The molecular weight excluding hydrogens is 357 g/mol. The first-order valence-corrected chi connectivity index (χ1v) is 8.59. The summed E-state index contributed by atoms with van der Waals surface area (Å²) in [5, 5.41) is 17.2. The summed E-state index contributed by atoms with van der Waals surface area (Å²) in [5.74, 6) is -0.761. The fourth-order valence-electron chi connectivity index (χ4n) is 3.32. The van der Waals surface area contributed by atoms with Crippen molar-refractivity contribution < 1.29 is 23.8 Å². The lowest BCUT2D eigenvalue weighted by molar-refractivity contribution is -0.127. The zero-order chi connectivity index (χ0) is 19.0. The molecule has 2 aliphatic rings. The normalized spacial score (nSPS) is 23.0. The maximum atomic E-state index is 14.6. The van der Waals surface area contributed by atoms with Crippen molar-refractivity contribution in [2.45, 2.75) is 25.2 Å². The Labute approximate surface area is 153 Å². The van der Waals surface area contributed by atoms with Gasteiger partial charge in [-0.2, -0.15) is 0 Å². The number of halogens is 1. The molecule has 1 aromatic carbocycles.